The number of methoxy groups -OCH3 is 1. The van der Waals surface area contributed by atoms with Crippen molar-refractivity contribution in [2.24, 2.45) is 10.7 Å². The van der Waals surface area contributed by atoms with Crippen LogP contribution in [-0.4, -0.2) is 18.2 Å². The number of carbonyl (C=O) groups is 1. The van der Waals surface area contributed by atoms with Crippen molar-refractivity contribution in [2.75, 3.05) is 7.11 Å². The fourth-order valence-corrected chi connectivity index (χ4v) is 3.82. The summed E-state index contributed by atoms with van der Waals surface area (Å²) in [4.78, 5) is 16.7. The van der Waals surface area contributed by atoms with Gasteiger partial charge in [-0.15, -0.1) is 0 Å². The van der Waals surface area contributed by atoms with Crippen molar-refractivity contribution in [2.45, 2.75) is 18.7 Å². The zero-order valence-electron chi connectivity index (χ0n) is 15.0. The number of carbonyl (C=O) groups excluding carboxylic acids is 1. The Morgan fingerprint density at radius 2 is 2.07 bits per heavy atom. The third-order valence-corrected chi connectivity index (χ3v) is 5.14. The van der Waals surface area contributed by atoms with Gasteiger partial charge in [-0.1, -0.05) is 42.1 Å². The average Bonchev–Trinajstić information content (AvgIpc) is 2.65. The van der Waals surface area contributed by atoms with E-state index in [4.69, 9.17) is 10.5 Å². The van der Waals surface area contributed by atoms with Crippen LogP contribution in [-0.2, 0) is 10.5 Å². The van der Waals surface area contributed by atoms with E-state index < -0.39 is 11.9 Å². The second-order valence-corrected chi connectivity index (χ2v) is 6.99. The number of hydrogen-bond acceptors (Lipinski definition) is 5. The fourth-order valence-electron chi connectivity index (χ4n) is 2.94. The van der Waals surface area contributed by atoms with Crippen LogP contribution in [0.5, 0.6) is 5.75 Å². The van der Waals surface area contributed by atoms with Crippen LogP contribution < -0.4 is 15.8 Å². The lowest BCUT2D eigenvalue weighted by molar-refractivity contribution is -0.114. The molecule has 0 radical (unpaired) electrons. The van der Waals surface area contributed by atoms with Gasteiger partial charge in [0.2, 0.25) is 5.91 Å². The third kappa shape index (κ3) is 4.31. The summed E-state index contributed by atoms with van der Waals surface area (Å²) in [6.45, 7) is 1.79. The van der Waals surface area contributed by atoms with Gasteiger partial charge in [0.15, 0.2) is 5.17 Å². The molecule has 2 aromatic rings. The van der Waals surface area contributed by atoms with Gasteiger partial charge in [0.1, 0.15) is 17.6 Å². The van der Waals surface area contributed by atoms with Crippen LogP contribution in [0.15, 0.2) is 64.8 Å². The Labute approximate surface area is 161 Å². The van der Waals surface area contributed by atoms with Crippen molar-refractivity contribution in [3.05, 3.63) is 76.7 Å². The summed E-state index contributed by atoms with van der Waals surface area (Å²) in [7, 11) is 1.57. The smallest absolute Gasteiger partial charge is 0.248 e. The highest BCUT2D eigenvalue weighted by Gasteiger charge is 2.29. The number of ether oxygens (including phenoxy) is 1. The molecule has 1 aliphatic heterocycles. The SMILES string of the molecule is COc1ccccc1C1N=C(SCc2cccc(F)c2)NC(C)=C1C(N)=O. The maximum absolute atomic E-state index is 13.4. The average molecular weight is 385 g/mol. The summed E-state index contributed by atoms with van der Waals surface area (Å²) in [5.74, 6) is 0.371. The van der Waals surface area contributed by atoms with Crippen molar-refractivity contribution >= 4 is 22.8 Å². The van der Waals surface area contributed by atoms with Crippen molar-refractivity contribution in [1.29, 1.82) is 0 Å². The van der Waals surface area contributed by atoms with E-state index in [1.807, 2.05) is 30.3 Å². The predicted octanol–water partition coefficient (Wildman–Crippen LogP) is 3.53. The molecule has 3 N–H and O–H groups in total. The molecule has 5 nitrogen and oxygen atoms in total. The van der Waals surface area contributed by atoms with E-state index in [9.17, 15) is 9.18 Å². The Kier molecular flexibility index (Phi) is 5.81. The number of primary amides is 1. The molecule has 1 heterocycles. The number of rotatable bonds is 5. The summed E-state index contributed by atoms with van der Waals surface area (Å²) in [5, 5.41) is 3.76. The van der Waals surface area contributed by atoms with E-state index in [-0.39, 0.29) is 5.82 Å². The quantitative estimate of drug-likeness (QED) is 0.826. The number of thioether (sulfide) groups is 1. The zero-order valence-corrected chi connectivity index (χ0v) is 15.8. The van der Waals surface area contributed by atoms with Crippen LogP contribution in [0.1, 0.15) is 24.1 Å². The fraction of sp³-hybridized carbons (Fsp3) is 0.200. The number of allylic oxidation sites excluding steroid dienone is 1. The lowest BCUT2D eigenvalue weighted by Crippen LogP contribution is -2.32. The van der Waals surface area contributed by atoms with Crippen molar-refractivity contribution in [3.63, 3.8) is 0 Å². The van der Waals surface area contributed by atoms with Gasteiger partial charge in [-0.05, 0) is 30.7 Å². The van der Waals surface area contributed by atoms with Crippen LogP contribution in [0.3, 0.4) is 0 Å². The first-order valence-electron chi connectivity index (χ1n) is 8.35. The molecule has 1 aliphatic rings. The minimum atomic E-state index is -0.560. The Bertz CT molecular complexity index is 927. The molecular formula is C20H20FN3O2S. The molecule has 0 fully saturated rings. The van der Waals surface area contributed by atoms with Crippen LogP contribution in [0.25, 0.3) is 0 Å². The highest BCUT2D eigenvalue weighted by molar-refractivity contribution is 8.13. The molecule has 27 heavy (non-hydrogen) atoms. The molecule has 0 saturated heterocycles. The molecule has 3 rings (SSSR count). The molecule has 140 valence electrons. The van der Waals surface area contributed by atoms with Crippen LogP contribution >= 0.6 is 11.8 Å². The summed E-state index contributed by atoms with van der Waals surface area (Å²) in [6.07, 6.45) is 0. The molecule has 0 saturated carbocycles. The van der Waals surface area contributed by atoms with Gasteiger partial charge in [0, 0.05) is 17.0 Å². The number of nitrogens with one attached hydrogen (secondary N) is 1. The lowest BCUT2D eigenvalue weighted by atomic mass is 9.95. The highest BCUT2D eigenvalue weighted by atomic mass is 32.2. The molecular weight excluding hydrogens is 365 g/mol. The first-order chi connectivity index (χ1) is 13.0. The Hall–Kier alpha value is -2.80. The maximum atomic E-state index is 13.4. The van der Waals surface area contributed by atoms with Crippen LogP contribution in [0.2, 0.25) is 0 Å². The van der Waals surface area contributed by atoms with E-state index >= 15 is 0 Å². The van der Waals surface area contributed by atoms with E-state index in [2.05, 4.69) is 10.3 Å². The van der Waals surface area contributed by atoms with Crippen molar-refractivity contribution < 1.29 is 13.9 Å². The maximum Gasteiger partial charge on any atom is 0.248 e. The molecule has 1 atom stereocenters. The first-order valence-corrected chi connectivity index (χ1v) is 9.33. The molecule has 2 aromatic carbocycles. The molecule has 0 bridgehead atoms. The van der Waals surface area contributed by atoms with Gasteiger partial charge in [-0.2, -0.15) is 0 Å². The summed E-state index contributed by atoms with van der Waals surface area (Å²) in [5.41, 5.74) is 8.27. The second-order valence-electron chi connectivity index (χ2n) is 6.03. The molecule has 0 spiro atoms. The summed E-state index contributed by atoms with van der Waals surface area (Å²) >= 11 is 1.43. The summed E-state index contributed by atoms with van der Waals surface area (Å²) in [6, 6.07) is 13.3. The zero-order chi connectivity index (χ0) is 19.4. The van der Waals surface area contributed by atoms with Crippen LogP contribution in [0.4, 0.5) is 4.39 Å². The van der Waals surface area contributed by atoms with Gasteiger partial charge in [-0.3, -0.25) is 4.79 Å². The number of aliphatic imine (C=N–C) groups is 1. The summed E-state index contributed by atoms with van der Waals surface area (Å²) < 4.78 is 18.8. The Morgan fingerprint density at radius 1 is 1.30 bits per heavy atom. The normalized spacial score (nSPS) is 16.6. The number of amides is 1. The van der Waals surface area contributed by atoms with E-state index in [1.54, 1.807) is 20.1 Å². The van der Waals surface area contributed by atoms with Gasteiger partial charge >= 0.3 is 0 Å². The van der Waals surface area contributed by atoms with Crippen molar-refractivity contribution in [1.82, 2.24) is 5.32 Å². The second kappa shape index (κ2) is 8.26. The van der Waals surface area contributed by atoms with Gasteiger partial charge in [-0.25, -0.2) is 9.38 Å². The molecule has 1 unspecified atom stereocenters. The van der Waals surface area contributed by atoms with Gasteiger partial charge in [0.05, 0.1) is 12.7 Å². The minimum Gasteiger partial charge on any atom is -0.496 e. The third-order valence-electron chi connectivity index (χ3n) is 4.18. The number of nitrogens with two attached hydrogens (primary N) is 1. The highest BCUT2D eigenvalue weighted by Crippen LogP contribution is 2.36. The number of halogens is 1. The standard InChI is InChI=1S/C20H20FN3O2S/c1-12-17(19(22)25)18(15-8-3-4-9-16(15)26-2)24-20(23-12)27-11-13-6-5-7-14(21)10-13/h3-10,18H,11H2,1-2H3,(H2,22,25)(H,23,24). The monoisotopic (exact) mass is 385 g/mol. The van der Waals surface area contributed by atoms with E-state index in [0.29, 0.717) is 27.9 Å². The number of nitrogens with zero attached hydrogens (tertiary/aromatic N) is 1. The Balaban J connectivity index is 1.91. The van der Waals surface area contributed by atoms with E-state index in [0.717, 1.165) is 11.1 Å². The van der Waals surface area contributed by atoms with Crippen molar-refractivity contribution in [3.8, 4) is 5.75 Å². The van der Waals surface area contributed by atoms with Gasteiger partial charge < -0.3 is 15.8 Å². The molecule has 0 aromatic heterocycles. The largest absolute Gasteiger partial charge is 0.496 e. The van der Waals surface area contributed by atoms with Gasteiger partial charge in [0.25, 0.3) is 0 Å². The number of para-hydroxylation sites is 1. The topological polar surface area (TPSA) is 76.7 Å². The number of benzene rings is 2. The first kappa shape index (κ1) is 19.0. The Morgan fingerprint density at radius 3 is 2.78 bits per heavy atom. The van der Waals surface area contributed by atoms with Crippen LogP contribution in [0, 0.1) is 5.82 Å². The predicted molar refractivity (Wildman–Crippen MR) is 106 cm³/mol. The molecule has 7 heteroatoms. The minimum absolute atomic E-state index is 0.273. The number of amidine groups is 1. The molecule has 0 aliphatic carbocycles. The van der Waals surface area contributed by atoms with E-state index in [1.165, 1.54) is 23.9 Å². The lowest BCUT2D eigenvalue weighted by Gasteiger charge is -2.26. The molecule has 1 amide bonds. The number of hydrogen-bond donors (Lipinski definition) is 2.